The molecule has 0 spiro atoms. The molecule has 0 aliphatic carbocycles. The number of carbonyl (C=O) groups excluding carboxylic acids is 1. The van der Waals surface area contributed by atoms with Crippen LogP contribution in [0.15, 0.2) is 42.5 Å². The number of hydrogen-bond donors (Lipinski definition) is 2. The molecule has 28 heavy (non-hydrogen) atoms. The fourth-order valence-electron chi connectivity index (χ4n) is 3.30. The standard InChI is InChI=1S/C21H24FN3O3/c1-2-20(26)23-18-13-15(21(27)28)7-8-19(18)25-11-9-24(10-12-25)14-16-5-3-4-6-17(16)22/h3-8,13H,2,9-12,14H2,1H3,(H,23,26)(H,27,28). The van der Waals surface area contributed by atoms with Gasteiger partial charge in [0, 0.05) is 44.7 Å². The van der Waals surface area contributed by atoms with Crippen molar-refractivity contribution in [2.75, 3.05) is 36.4 Å². The maximum atomic E-state index is 13.9. The smallest absolute Gasteiger partial charge is 0.335 e. The average molecular weight is 385 g/mol. The molecule has 2 N–H and O–H groups in total. The Morgan fingerprint density at radius 3 is 2.46 bits per heavy atom. The predicted molar refractivity (Wildman–Crippen MR) is 106 cm³/mol. The number of amides is 1. The molecule has 7 heteroatoms. The number of carboxylic acids is 1. The summed E-state index contributed by atoms with van der Waals surface area (Å²) in [6.07, 6.45) is 0.313. The van der Waals surface area contributed by atoms with Gasteiger partial charge in [0.05, 0.1) is 16.9 Å². The van der Waals surface area contributed by atoms with Crippen LogP contribution in [-0.4, -0.2) is 48.1 Å². The third kappa shape index (κ3) is 4.67. The largest absolute Gasteiger partial charge is 0.478 e. The lowest BCUT2D eigenvalue weighted by Crippen LogP contribution is -2.46. The van der Waals surface area contributed by atoms with E-state index in [1.54, 1.807) is 31.2 Å². The minimum absolute atomic E-state index is 0.133. The number of nitrogens with zero attached hydrogens (tertiary/aromatic N) is 2. The highest BCUT2D eigenvalue weighted by Gasteiger charge is 2.21. The van der Waals surface area contributed by atoms with Gasteiger partial charge in [-0.2, -0.15) is 0 Å². The summed E-state index contributed by atoms with van der Waals surface area (Å²) in [4.78, 5) is 27.4. The summed E-state index contributed by atoms with van der Waals surface area (Å²) in [5.41, 5.74) is 2.12. The Morgan fingerprint density at radius 1 is 1.11 bits per heavy atom. The topological polar surface area (TPSA) is 72.9 Å². The van der Waals surface area contributed by atoms with Gasteiger partial charge in [-0.05, 0) is 24.3 Å². The minimum Gasteiger partial charge on any atom is -0.478 e. The number of hydrogen-bond acceptors (Lipinski definition) is 4. The van der Waals surface area contributed by atoms with Crippen molar-refractivity contribution in [1.29, 1.82) is 0 Å². The third-order valence-electron chi connectivity index (χ3n) is 4.90. The molecule has 1 aliphatic heterocycles. The molecule has 6 nitrogen and oxygen atoms in total. The van der Waals surface area contributed by atoms with Gasteiger partial charge in [-0.15, -0.1) is 0 Å². The van der Waals surface area contributed by atoms with E-state index >= 15 is 0 Å². The van der Waals surface area contributed by atoms with E-state index in [1.807, 2.05) is 6.07 Å². The van der Waals surface area contributed by atoms with Crippen LogP contribution in [0.4, 0.5) is 15.8 Å². The first-order valence-electron chi connectivity index (χ1n) is 9.36. The molecule has 1 saturated heterocycles. The first-order valence-corrected chi connectivity index (χ1v) is 9.36. The molecule has 0 unspecified atom stereocenters. The van der Waals surface area contributed by atoms with Gasteiger partial charge in [0.2, 0.25) is 5.91 Å². The van der Waals surface area contributed by atoms with Crippen molar-refractivity contribution >= 4 is 23.3 Å². The summed E-state index contributed by atoms with van der Waals surface area (Å²) in [7, 11) is 0. The van der Waals surface area contributed by atoms with Gasteiger partial charge in [0.25, 0.3) is 0 Å². The van der Waals surface area contributed by atoms with E-state index in [9.17, 15) is 19.1 Å². The molecule has 0 radical (unpaired) electrons. The van der Waals surface area contributed by atoms with E-state index in [4.69, 9.17) is 0 Å². The number of aromatic carboxylic acids is 1. The highest BCUT2D eigenvalue weighted by molar-refractivity contribution is 5.97. The lowest BCUT2D eigenvalue weighted by molar-refractivity contribution is -0.115. The number of nitrogens with one attached hydrogen (secondary N) is 1. The normalized spacial score (nSPS) is 14.7. The number of carbonyl (C=O) groups is 2. The number of piperazine rings is 1. The van der Waals surface area contributed by atoms with Crippen LogP contribution >= 0.6 is 0 Å². The first kappa shape index (κ1) is 19.8. The van der Waals surface area contributed by atoms with Crippen LogP contribution < -0.4 is 10.2 Å². The Labute approximate surface area is 163 Å². The van der Waals surface area contributed by atoms with Crippen molar-refractivity contribution < 1.29 is 19.1 Å². The number of benzene rings is 2. The molecule has 2 aromatic rings. The molecular formula is C21H24FN3O3. The van der Waals surface area contributed by atoms with Gasteiger partial charge in [0.1, 0.15) is 5.82 Å². The first-order chi connectivity index (χ1) is 13.5. The van der Waals surface area contributed by atoms with E-state index in [0.717, 1.165) is 18.8 Å². The zero-order chi connectivity index (χ0) is 20.1. The van der Waals surface area contributed by atoms with Crippen LogP contribution in [-0.2, 0) is 11.3 Å². The fourth-order valence-corrected chi connectivity index (χ4v) is 3.30. The zero-order valence-electron chi connectivity index (χ0n) is 15.8. The fraction of sp³-hybridized carbons (Fsp3) is 0.333. The maximum absolute atomic E-state index is 13.9. The van der Waals surface area contributed by atoms with Crippen LogP contribution in [0.25, 0.3) is 0 Å². The molecule has 0 bridgehead atoms. The molecule has 148 valence electrons. The highest BCUT2D eigenvalue weighted by Crippen LogP contribution is 2.29. The lowest BCUT2D eigenvalue weighted by atomic mass is 10.1. The van der Waals surface area contributed by atoms with Crippen molar-refractivity contribution in [3.8, 4) is 0 Å². The van der Waals surface area contributed by atoms with Gasteiger partial charge in [0.15, 0.2) is 0 Å². The summed E-state index contributed by atoms with van der Waals surface area (Å²) in [6.45, 7) is 5.20. The number of anilines is 2. The van der Waals surface area contributed by atoms with Crippen LogP contribution in [0, 0.1) is 5.82 Å². The maximum Gasteiger partial charge on any atom is 0.335 e. The molecule has 1 fully saturated rings. The van der Waals surface area contributed by atoms with E-state index in [1.165, 1.54) is 12.1 Å². The monoisotopic (exact) mass is 385 g/mol. The van der Waals surface area contributed by atoms with Crippen molar-refractivity contribution in [2.45, 2.75) is 19.9 Å². The number of halogens is 1. The second kappa shape index (κ2) is 8.84. The molecule has 2 aromatic carbocycles. The summed E-state index contributed by atoms with van der Waals surface area (Å²) < 4.78 is 13.9. The van der Waals surface area contributed by atoms with E-state index < -0.39 is 5.97 Å². The van der Waals surface area contributed by atoms with Crippen LogP contribution in [0.3, 0.4) is 0 Å². The summed E-state index contributed by atoms with van der Waals surface area (Å²) in [5.74, 6) is -1.39. The zero-order valence-corrected chi connectivity index (χ0v) is 15.8. The Morgan fingerprint density at radius 2 is 1.82 bits per heavy atom. The van der Waals surface area contributed by atoms with Gasteiger partial charge >= 0.3 is 5.97 Å². The lowest BCUT2D eigenvalue weighted by Gasteiger charge is -2.37. The Bertz CT molecular complexity index is 864. The second-order valence-corrected chi connectivity index (χ2v) is 6.79. The highest BCUT2D eigenvalue weighted by atomic mass is 19.1. The van der Waals surface area contributed by atoms with Crippen molar-refractivity contribution in [1.82, 2.24) is 4.90 Å². The van der Waals surface area contributed by atoms with Crippen LogP contribution in [0.2, 0.25) is 0 Å². The quantitative estimate of drug-likeness (QED) is 0.799. The summed E-state index contributed by atoms with van der Waals surface area (Å²) >= 11 is 0. The van der Waals surface area contributed by atoms with Crippen LogP contribution in [0.5, 0.6) is 0 Å². The van der Waals surface area contributed by atoms with Gasteiger partial charge in [-0.25, -0.2) is 9.18 Å². The number of rotatable bonds is 6. The van der Waals surface area contributed by atoms with Crippen molar-refractivity contribution in [3.05, 3.63) is 59.4 Å². The molecule has 3 rings (SSSR count). The van der Waals surface area contributed by atoms with E-state index in [2.05, 4.69) is 15.1 Å². The molecular weight excluding hydrogens is 361 g/mol. The minimum atomic E-state index is -1.03. The molecule has 0 saturated carbocycles. The Hall–Kier alpha value is -2.93. The molecule has 1 aliphatic rings. The molecule has 1 amide bonds. The number of carboxylic acid groups (broad SMARTS) is 1. The Balaban J connectivity index is 1.71. The Kier molecular flexibility index (Phi) is 6.26. The van der Waals surface area contributed by atoms with Gasteiger partial charge in [-0.1, -0.05) is 25.1 Å². The average Bonchev–Trinajstić information content (AvgIpc) is 2.70. The van der Waals surface area contributed by atoms with Gasteiger partial charge in [-0.3, -0.25) is 9.69 Å². The summed E-state index contributed by atoms with van der Waals surface area (Å²) in [5, 5.41) is 12.0. The van der Waals surface area contributed by atoms with E-state index in [0.29, 0.717) is 37.3 Å². The molecule has 0 aromatic heterocycles. The SMILES string of the molecule is CCC(=O)Nc1cc(C(=O)O)ccc1N1CCN(Cc2ccccc2F)CC1. The molecule has 1 heterocycles. The van der Waals surface area contributed by atoms with Crippen LogP contribution in [0.1, 0.15) is 29.3 Å². The second-order valence-electron chi connectivity index (χ2n) is 6.79. The van der Waals surface area contributed by atoms with Gasteiger partial charge < -0.3 is 15.3 Å². The third-order valence-corrected chi connectivity index (χ3v) is 4.90. The molecule has 0 atom stereocenters. The summed E-state index contributed by atoms with van der Waals surface area (Å²) in [6, 6.07) is 11.6. The van der Waals surface area contributed by atoms with E-state index in [-0.39, 0.29) is 17.3 Å². The predicted octanol–water partition coefficient (Wildman–Crippen LogP) is 3.19. The van der Waals surface area contributed by atoms with Crippen molar-refractivity contribution in [2.24, 2.45) is 0 Å². The van der Waals surface area contributed by atoms with Crippen molar-refractivity contribution in [3.63, 3.8) is 0 Å².